The van der Waals surface area contributed by atoms with Crippen molar-refractivity contribution in [2.24, 2.45) is 0 Å². The number of nitrogens with zero attached hydrogens (tertiary/aromatic N) is 1. The van der Waals surface area contributed by atoms with Crippen molar-refractivity contribution in [2.75, 3.05) is 6.23 Å². The lowest BCUT2D eigenvalue weighted by Crippen LogP contribution is -2.36. The molecule has 0 amide bonds. The molecule has 1 unspecified atom stereocenters. The molecule has 1 N–H and O–H groups in total. The van der Waals surface area contributed by atoms with Gasteiger partial charge in [0.25, 0.3) is 0 Å². The second-order valence-corrected chi connectivity index (χ2v) is 5.46. The van der Waals surface area contributed by atoms with E-state index < -0.39 is 14.6 Å². The van der Waals surface area contributed by atoms with E-state index in [1.54, 1.807) is 0 Å². The highest BCUT2D eigenvalue weighted by Gasteiger charge is 2.37. The Bertz CT molecular complexity index is 249. The number of H-pyrrole nitrogens is 1. The molecule has 7 heteroatoms. The Labute approximate surface area is 74.5 Å². The molecule has 13 heavy (non-hydrogen) atoms. The van der Waals surface area contributed by atoms with Crippen LogP contribution in [-0.4, -0.2) is 31.0 Å². The van der Waals surface area contributed by atoms with Crippen LogP contribution in [0.1, 0.15) is 0 Å². The minimum absolute atomic E-state index is 0.212. The zero-order valence-electron chi connectivity index (χ0n) is 6.93. The zero-order chi connectivity index (χ0) is 9.90. The van der Waals surface area contributed by atoms with Gasteiger partial charge in [-0.15, -0.1) is 5.10 Å². The number of hydrogen-bond donors (Lipinski definition) is 1. The number of nitrogens with one attached hydrogen (secondary N) is 1. The summed E-state index contributed by atoms with van der Waals surface area (Å²) in [7, 11) is -2.81. The first-order valence-electron chi connectivity index (χ1n) is 3.69. The molecule has 0 aliphatic carbocycles. The smallest absolute Gasteiger partial charge is 0.361 e. The summed E-state index contributed by atoms with van der Waals surface area (Å²) >= 11 is 0. The van der Waals surface area contributed by atoms with Gasteiger partial charge in [0.1, 0.15) is 0 Å². The highest BCUT2D eigenvalue weighted by molar-refractivity contribution is 6.59. The van der Waals surface area contributed by atoms with Crippen molar-refractivity contribution < 1.29 is 17.9 Å². The third kappa shape index (κ3) is 3.09. The molecular weight excluding hydrogens is 201 g/mol. The van der Waals surface area contributed by atoms with Crippen LogP contribution in [0.5, 0.6) is 5.88 Å². The Morgan fingerprint density at radius 1 is 1.62 bits per heavy atom. The van der Waals surface area contributed by atoms with Crippen molar-refractivity contribution in [3.63, 3.8) is 0 Å². The Morgan fingerprint density at radius 3 is 2.77 bits per heavy atom. The van der Waals surface area contributed by atoms with Crippen LogP contribution in [0.25, 0.3) is 0 Å². The van der Waals surface area contributed by atoms with Crippen molar-refractivity contribution in [2.45, 2.75) is 12.3 Å². The number of halogens is 3. The zero-order valence-corrected chi connectivity index (χ0v) is 8.08. The summed E-state index contributed by atoms with van der Waals surface area (Å²) in [6, 6.07) is 1.48. The first kappa shape index (κ1) is 10.1. The Hall–Kier alpha value is -0.983. The Balaban J connectivity index is 2.35. The fourth-order valence-corrected chi connectivity index (χ4v) is 1.24. The van der Waals surface area contributed by atoms with E-state index in [4.69, 9.17) is 4.74 Å². The van der Waals surface area contributed by atoms with Crippen molar-refractivity contribution in [3.8, 4) is 5.88 Å². The summed E-state index contributed by atoms with van der Waals surface area (Å²) in [6.45, 7) is 1.20. The van der Waals surface area contributed by atoms with Gasteiger partial charge in [0.2, 0.25) is 14.7 Å². The van der Waals surface area contributed by atoms with Crippen molar-refractivity contribution in [1.29, 1.82) is 0 Å². The standard InChI is InChI=1S/C6H9F3N2OSi/c1-13(6(7,8)9)4-12-5-2-3-10-11-5/h2-3,13H,4H2,1H3,(H,10,11). The third-order valence-electron chi connectivity index (χ3n) is 1.52. The van der Waals surface area contributed by atoms with Gasteiger partial charge in [-0.2, -0.15) is 13.2 Å². The minimum atomic E-state index is -4.07. The lowest BCUT2D eigenvalue weighted by molar-refractivity contribution is -0.0530. The molecule has 0 spiro atoms. The molecular formula is C6H9F3N2OSi. The first-order valence-corrected chi connectivity index (χ1v) is 6.24. The second-order valence-electron chi connectivity index (χ2n) is 2.67. The minimum Gasteiger partial charge on any atom is -0.480 e. The molecule has 0 saturated heterocycles. The van der Waals surface area contributed by atoms with Gasteiger partial charge in [0, 0.05) is 12.3 Å². The monoisotopic (exact) mass is 210 g/mol. The fourth-order valence-electron chi connectivity index (χ4n) is 0.632. The average molecular weight is 210 g/mol. The van der Waals surface area contributed by atoms with Gasteiger partial charge < -0.3 is 4.74 Å². The highest BCUT2D eigenvalue weighted by atomic mass is 28.3. The quantitative estimate of drug-likeness (QED) is 0.763. The molecule has 0 aliphatic heterocycles. The summed E-state index contributed by atoms with van der Waals surface area (Å²) in [5.74, 6) is -3.86. The van der Waals surface area contributed by atoms with Gasteiger partial charge in [-0.1, -0.05) is 6.55 Å². The average Bonchev–Trinajstić information content (AvgIpc) is 2.50. The van der Waals surface area contributed by atoms with Gasteiger partial charge in [-0.3, -0.25) is 5.10 Å². The summed E-state index contributed by atoms with van der Waals surface area (Å²) < 4.78 is 40.9. The number of alkyl halides is 3. The van der Waals surface area contributed by atoms with Crippen LogP contribution in [0.15, 0.2) is 12.3 Å². The summed E-state index contributed by atoms with van der Waals surface area (Å²) in [6.07, 6.45) is 1.23. The number of rotatable bonds is 3. The maximum atomic E-state index is 12.0. The molecule has 0 radical (unpaired) electrons. The summed E-state index contributed by atoms with van der Waals surface area (Å²) in [5.41, 5.74) is 0. The van der Waals surface area contributed by atoms with Crippen molar-refractivity contribution in [3.05, 3.63) is 12.3 Å². The van der Waals surface area contributed by atoms with E-state index in [0.717, 1.165) is 0 Å². The third-order valence-corrected chi connectivity index (χ3v) is 3.30. The van der Waals surface area contributed by atoms with Crippen molar-refractivity contribution in [1.82, 2.24) is 10.2 Å². The Morgan fingerprint density at radius 2 is 2.31 bits per heavy atom. The molecule has 1 atom stereocenters. The molecule has 1 rings (SSSR count). The number of hydrogen-bond acceptors (Lipinski definition) is 2. The lowest BCUT2D eigenvalue weighted by Gasteiger charge is -2.13. The lowest BCUT2D eigenvalue weighted by atomic mass is 10.7. The predicted molar refractivity (Wildman–Crippen MR) is 43.2 cm³/mol. The molecule has 1 aromatic rings. The van der Waals surface area contributed by atoms with E-state index >= 15 is 0 Å². The molecule has 0 aromatic carbocycles. The molecule has 0 fully saturated rings. The van der Waals surface area contributed by atoms with E-state index in [1.807, 2.05) is 0 Å². The number of aromatic amines is 1. The van der Waals surface area contributed by atoms with Crippen LogP contribution in [0, 0.1) is 0 Å². The molecule has 1 heterocycles. The molecule has 0 bridgehead atoms. The summed E-state index contributed by atoms with van der Waals surface area (Å²) in [5, 5.41) is 6.03. The fraction of sp³-hybridized carbons (Fsp3) is 0.500. The van der Waals surface area contributed by atoms with Crippen LogP contribution in [0.2, 0.25) is 6.55 Å². The largest absolute Gasteiger partial charge is 0.480 e. The Kier molecular flexibility index (Phi) is 2.97. The van der Waals surface area contributed by atoms with E-state index in [2.05, 4.69) is 10.2 Å². The highest BCUT2D eigenvalue weighted by Crippen LogP contribution is 2.19. The van der Waals surface area contributed by atoms with Crippen molar-refractivity contribution >= 4 is 8.80 Å². The first-order chi connectivity index (χ1) is 6.00. The van der Waals surface area contributed by atoms with Gasteiger partial charge in [0.15, 0.2) is 0 Å². The molecule has 0 aliphatic rings. The molecule has 0 saturated carbocycles. The van der Waals surface area contributed by atoms with Crippen LogP contribution < -0.4 is 4.74 Å². The molecule has 74 valence electrons. The maximum absolute atomic E-state index is 12.0. The predicted octanol–water partition coefficient (Wildman–Crippen LogP) is 1.29. The normalized spacial score (nSPS) is 14.2. The van der Waals surface area contributed by atoms with Crippen LogP contribution in [0.3, 0.4) is 0 Å². The summed E-state index contributed by atoms with van der Waals surface area (Å²) in [4.78, 5) is 0. The maximum Gasteiger partial charge on any atom is 0.361 e. The van der Waals surface area contributed by atoms with E-state index in [0.29, 0.717) is 0 Å². The van der Waals surface area contributed by atoms with E-state index in [-0.39, 0.29) is 12.1 Å². The van der Waals surface area contributed by atoms with E-state index in [1.165, 1.54) is 18.8 Å². The SMILES string of the molecule is C[SiH](COc1cc[nH]n1)C(F)(F)F. The topological polar surface area (TPSA) is 37.9 Å². The van der Waals surface area contributed by atoms with Gasteiger partial charge in [-0.25, -0.2) is 0 Å². The second kappa shape index (κ2) is 3.82. The van der Waals surface area contributed by atoms with Gasteiger partial charge >= 0.3 is 5.80 Å². The van der Waals surface area contributed by atoms with Gasteiger partial charge in [0.05, 0.1) is 6.23 Å². The molecule has 1 aromatic heterocycles. The van der Waals surface area contributed by atoms with E-state index in [9.17, 15) is 13.2 Å². The van der Waals surface area contributed by atoms with Crippen LogP contribution >= 0.6 is 0 Å². The number of ether oxygens (including phenoxy) is 1. The van der Waals surface area contributed by atoms with Gasteiger partial charge in [-0.05, 0) is 0 Å². The molecule has 3 nitrogen and oxygen atoms in total. The van der Waals surface area contributed by atoms with Crippen LogP contribution in [0.4, 0.5) is 13.2 Å². The number of aromatic nitrogens is 2. The van der Waals surface area contributed by atoms with Crippen LogP contribution in [-0.2, 0) is 0 Å².